The van der Waals surface area contributed by atoms with E-state index in [4.69, 9.17) is 16.3 Å². The van der Waals surface area contributed by atoms with Gasteiger partial charge in [0.25, 0.3) is 0 Å². The molecule has 1 saturated heterocycles. The maximum atomic E-state index is 13.9. The molecule has 1 aliphatic heterocycles. The number of nitrogens with zero attached hydrogens (tertiary/aromatic N) is 2. The van der Waals surface area contributed by atoms with Crippen LogP contribution in [0.2, 0.25) is 5.28 Å². The van der Waals surface area contributed by atoms with Crippen molar-refractivity contribution >= 4 is 22.6 Å². The smallest absolute Gasteiger partial charge is 0.204 e. The maximum Gasteiger partial charge on any atom is 0.204 e. The highest BCUT2D eigenvalue weighted by atomic mass is 35.5. The third kappa shape index (κ3) is 1.81. The Morgan fingerprint density at radius 2 is 2.24 bits per heavy atom. The highest BCUT2D eigenvalue weighted by Gasteiger charge is 2.29. The molecule has 2 atom stereocenters. The van der Waals surface area contributed by atoms with Crippen molar-refractivity contribution in [1.82, 2.24) is 9.55 Å². The second kappa shape index (κ2) is 4.27. The van der Waals surface area contributed by atoms with E-state index in [1.807, 2.05) is 24.3 Å². The van der Waals surface area contributed by atoms with Crippen LogP contribution in [0.3, 0.4) is 0 Å². The second-order valence-corrected chi connectivity index (χ2v) is 4.52. The summed E-state index contributed by atoms with van der Waals surface area (Å²) in [5.74, 6) is 0. The van der Waals surface area contributed by atoms with Crippen LogP contribution in [-0.2, 0) is 4.74 Å². The molecule has 3 rings (SSSR count). The van der Waals surface area contributed by atoms with Gasteiger partial charge in [0, 0.05) is 6.61 Å². The van der Waals surface area contributed by atoms with E-state index in [1.54, 1.807) is 4.57 Å². The molecule has 5 heteroatoms. The normalized spacial score (nSPS) is 25.3. The van der Waals surface area contributed by atoms with E-state index in [2.05, 4.69) is 4.98 Å². The van der Waals surface area contributed by atoms with Gasteiger partial charge >= 0.3 is 0 Å². The van der Waals surface area contributed by atoms with Crippen molar-refractivity contribution in [3.8, 4) is 0 Å². The number of imidazole rings is 1. The fourth-order valence-electron chi connectivity index (χ4n) is 2.31. The van der Waals surface area contributed by atoms with Gasteiger partial charge in [-0.2, -0.15) is 0 Å². The van der Waals surface area contributed by atoms with E-state index in [-0.39, 0.29) is 12.6 Å². The molecule has 0 aliphatic carbocycles. The molecule has 2 aromatic rings. The minimum Gasteiger partial charge on any atom is -0.378 e. The standard InChI is InChI=1S/C12H12ClFN2O/c13-12-15-9-3-1-2-4-11(9)16(12)10-5-6-17-7-8(10)14/h1-4,8,10H,5-7H2/t8-,10-/m0/s1. The van der Waals surface area contributed by atoms with E-state index in [0.29, 0.717) is 18.3 Å². The Labute approximate surface area is 103 Å². The Morgan fingerprint density at radius 3 is 3.06 bits per heavy atom. The van der Waals surface area contributed by atoms with Crippen molar-refractivity contribution in [3.63, 3.8) is 0 Å². The van der Waals surface area contributed by atoms with Crippen molar-refractivity contribution in [2.24, 2.45) is 0 Å². The molecule has 1 aliphatic rings. The monoisotopic (exact) mass is 254 g/mol. The molecule has 1 aromatic carbocycles. The average molecular weight is 255 g/mol. The van der Waals surface area contributed by atoms with Crippen LogP contribution in [0.15, 0.2) is 24.3 Å². The second-order valence-electron chi connectivity index (χ2n) is 4.19. The zero-order chi connectivity index (χ0) is 11.8. The van der Waals surface area contributed by atoms with Crippen LogP contribution in [0.1, 0.15) is 12.5 Å². The number of rotatable bonds is 1. The van der Waals surface area contributed by atoms with Crippen molar-refractivity contribution in [2.75, 3.05) is 13.2 Å². The number of fused-ring (bicyclic) bond motifs is 1. The third-order valence-electron chi connectivity index (χ3n) is 3.14. The number of ether oxygens (including phenoxy) is 1. The molecule has 1 fully saturated rings. The van der Waals surface area contributed by atoms with Crippen LogP contribution in [0.5, 0.6) is 0 Å². The third-order valence-corrected chi connectivity index (χ3v) is 3.40. The van der Waals surface area contributed by atoms with Gasteiger partial charge in [-0.15, -0.1) is 0 Å². The largest absolute Gasteiger partial charge is 0.378 e. The first kappa shape index (κ1) is 11.0. The van der Waals surface area contributed by atoms with Gasteiger partial charge in [-0.3, -0.25) is 0 Å². The molecular formula is C12H12ClFN2O. The lowest BCUT2D eigenvalue weighted by Crippen LogP contribution is -2.31. The van der Waals surface area contributed by atoms with E-state index < -0.39 is 6.17 Å². The van der Waals surface area contributed by atoms with Gasteiger partial charge in [0.15, 0.2) is 0 Å². The summed E-state index contributed by atoms with van der Waals surface area (Å²) in [6.07, 6.45) is -0.403. The average Bonchev–Trinajstić information content (AvgIpc) is 2.66. The Kier molecular flexibility index (Phi) is 2.76. The van der Waals surface area contributed by atoms with Crippen molar-refractivity contribution in [3.05, 3.63) is 29.5 Å². The number of alkyl halides is 1. The summed E-state index contributed by atoms with van der Waals surface area (Å²) in [6, 6.07) is 7.32. The fourth-order valence-corrected chi connectivity index (χ4v) is 2.62. The Balaban J connectivity index is 2.12. The Morgan fingerprint density at radius 1 is 1.41 bits per heavy atom. The summed E-state index contributed by atoms with van der Waals surface area (Å²) < 4.78 is 20.8. The molecule has 0 N–H and O–H groups in total. The molecular weight excluding hydrogens is 243 g/mol. The first-order valence-electron chi connectivity index (χ1n) is 5.61. The van der Waals surface area contributed by atoms with Crippen LogP contribution >= 0.6 is 11.6 Å². The summed E-state index contributed by atoms with van der Waals surface area (Å²) >= 11 is 6.11. The molecule has 0 unspecified atom stereocenters. The lowest BCUT2D eigenvalue weighted by molar-refractivity contribution is 0.00448. The number of hydrogen-bond donors (Lipinski definition) is 0. The topological polar surface area (TPSA) is 27.1 Å². The van der Waals surface area contributed by atoms with E-state index in [9.17, 15) is 4.39 Å². The summed E-state index contributed by atoms with van der Waals surface area (Å²) in [5.41, 5.74) is 1.68. The van der Waals surface area contributed by atoms with Gasteiger partial charge in [0.2, 0.25) is 5.28 Å². The molecule has 17 heavy (non-hydrogen) atoms. The predicted molar refractivity (Wildman–Crippen MR) is 64.1 cm³/mol. The Hall–Kier alpha value is -1.13. The molecule has 90 valence electrons. The number of benzene rings is 1. The quantitative estimate of drug-likeness (QED) is 0.782. The van der Waals surface area contributed by atoms with Gasteiger partial charge in [-0.1, -0.05) is 12.1 Å². The molecule has 0 bridgehead atoms. The van der Waals surface area contributed by atoms with Gasteiger partial charge in [0.1, 0.15) is 6.17 Å². The zero-order valence-electron chi connectivity index (χ0n) is 9.14. The zero-order valence-corrected chi connectivity index (χ0v) is 9.90. The molecule has 0 amide bonds. The fraction of sp³-hybridized carbons (Fsp3) is 0.417. The minimum absolute atomic E-state index is 0.132. The van der Waals surface area contributed by atoms with E-state index >= 15 is 0 Å². The molecule has 2 heterocycles. The van der Waals surface area contributed by atoms with Gasteiger partial charge in [-0.05, 0) is 30.2 Å². The van der Waals surface area contributed by atoms with Crippen LogP contribution in [0, 0.1) is 0 Å². The van der Waals surface area contributed by atoms with Crippen molar-refractivity contribution in [2.45, 2.75) is 18.6 Å². The predicted octanol–water partition coefficient (Wildman–Crippen LogP) is 2.99. The first-order valence-corrected chi connectivity index (χ1v) is 5.99. The first-order chi connectivity index (χ1) is 8.27. The molecule has 0 radical (unpaired) electrons. The van der Waals surface area contributed by atoms with Crippen molar-refractivity contribution in [1.29, 1.82) is 0 Å². The maximum absolute atomic E-state index is 13.9. The summed E-state index contributed by atoms with van der Waals surface area (Å²) in [7, 11) is 0. The molecule has 1 aromatic heterocycles. The number of para-hydroxylation sites is 2. The highest BCUT2D eigenvalue weighted by molar-refractivity contribution is 6.29. The molecule has 0 spiro atoms. The van der Waals surface area contributed by atoms with E-state index in [0.717, 1.165) is 11.0 Å². The van der Waals surface area contributed by atoms with Gasteiger partial charge in [0.05, 0.1) is 23.7 Å². The lowest BCUT2D eigenvalue weighted by Gasteiger charge is -2.28. The molecule has 0 saturated carbocycles. The Bertz CT molecular complexity index is 542. The number of hydrogen-bond acceptors (Lipinski definition) is 2. The summed E-state index contributed by atoms with van der Waals surface area (Å²) in [5, 5.41) is 0.348. The SMILES string of the molecule is F[C@H]1COCC[C@@H]1n1c(Cl)nc2ccccc21. The minimum atomic E-state index is -1.03. The number of aromatic nitrogens is 2. The highest BCUT2D eigenvalue weighted by Crippen LogP contribution is 2.31. The van der Waals surface area contributed by atoms with E-state index in [1.165, 1.54) is 0 Å². The van der Waals surface area contributed by atoms with Crippen LogP contribution in [0.25, 0.3) is 11.0 Å². The van der Waals surface area contributed by atoms with Crippen molar-refractivity contribution < 1.29 is 9.13 Å². The van der Waals surface area contributed by atoms with Crippen LogP contribution in [-0.4, -0.2) is 28.9 Å². The van der Waals surface area contributed by atoms with Gasteiger partial charge in [-0.25, -0.2) is 9.37 Å². The summed E-state index contributed by atoms with van der Waals surface area (Å²) in [4.78, 5) is 4.24. The summed E-state index contributed by atoms with van der Waals surface area (Å²) in [6.45, 7) is 0.696. The van der Waals surface area contributed by atoms with Crippen LogP contribution < -0.4 is 0 Å². The molecule has 3 nitrogen and oxygen atoms in total. The van der Waals surface area contributed by atoms with Gasteiger partial charge < -0.3 is 9.30 Å². The number of halogens is 2. The lowest BCUT2D eigenvalue weighted by atomic mass is 10.1. The van der Waals surface area contributed by atoms with Crippen LogP contribution in [0.4, 0.5) is 4.39 Å².